The third-order valence-electron chi connectivity index (χ3n) is 5.11. The van der Waals surface area contributed by atoms with Gasteiger partial charge >= 0.3 is 0 Å². The molecule has 3 heterocycles. The molecule has 150 valence electrons. The van der Waals surface area contributed by atoms with E-state index < -0.39 is 0 Å². The van der Waals surface area contributed by atoms with E-state index in [1.807, 2.05) is 47.4 Å². The Kier molecular flexibility index (Phi) is 6.26. The minimum atomic E-state index is 0.0487. The number of hydrogen-bond donors (Lipinski definition) is 0. The van der Waals surface area contributed by atoms with Gasteiger partial charge in [0, 0.05) is 31.4 Å². The minimum Gasteiger partial charge on any atom is -0.367 e. The number of carbonyl (C=O) groups excluding carboxylic acids is 1. The lowest BCUT2D eigenvalue weighted by Crippen LogP contribution is -2.38. The van der Waals surface area contributed by atoms with Crippen molar-refractivity contribution in [2.24, 2.45) is 0 Å². The van der Waals surface area contributed by atoms with Gasteiger partial charge in [0.2, 0.25) is 5.91 Å². The number of hydrogen-bond acceptors (Lipinski definition) is 6. The molecule has 7 nitrogen and oxygen atoms in total. The summed E-state index contributed by atoms with van der Waals surface area (Å²) in [5.41, 5.74) is 1.87. The molecule has 4 rings (SSSR count). The molecule has 0 radical (unpaired) electrons. The monoisotopic (exact) mass is 392 g/mol. The number of ether oxygens (including phenoxy) is 1. The molecule has 1 aliphatic rings. The van der Waals surface area contributed by atoms with Crippen LogP contribution >= 0.6 is 0 Å². The Labute approximate surface area is 169 Å². The van der Waals surface area contributed by atoms with Gasteiger partial charge in [-0.2, -0.15) is 4.98 Å². The second-order valence-electron chi connectivity index (χ2n) is 7.16. The van der Waals surface area contributed by atoms with E-state index in [1.54, 1.807) is 12.4 Å². The van der Waals surface area contributed by atoms with Crippen LogP contribution in [0.25, 0.3) is 11.5 Å². The quantitative estimate of drug-likeness (QED) is 0.585. The molecule has 0 aliphatic carbocycles. The molecule has 0 saturated carbocycles. The van der Waals surface area contributed by atoms with Gasteiger partial charge in [-0.25, -0.2) is 0 Å². The van der Waals surface area contributed by atoms with Gasteiger partial charge in [0.05, 0.1) is 12.2 Å². The second kappa shape index (κ2) is 9.43. The fourth-order valence-electron chi connectivity index (χ4n) is 3.64. The molecule has 1 amide bonds. The van der Waals surface area contributed by atoms with Gasteiger partial charge in [0.25, 0.3) is 5.89 Å². The SMILES string of the molecule is O=C(COCc1ccccc1)N1CCCC1CCc1noc(-c2cccnc2)n1. The maximum Gasteiger partial charge on any atom is 0.259 e. The molecule has 0 spiro atoms. The van der Waals surface area contributed by atoms with Crippen LogP contribution in [0.4, 0.5) is 0 Å². The van der Waals surface area contributed by atoms with Crippen molar-refractivity contribution < 1.29 is 14.1 Å². The highest BCUT2D eigenvalue weighted by Crippen LogP contribution is 2.22. The standard InChI is InChI=1S/C22H24N4O3/c27-21(16-28-15-17-6-2-1-3-7-17)26-13-5-9-19(26)10-11-20-24-22(29-25-20)18-8-4-12-23-14-18/h1-4,6-8,12,14,19H,5,9-11,13,15-16H2. The average Bonchev–Trinajstić information content (AvgIpc) is 3.43. The summed E-state index contributed by atoms with van der Waals surface area (Å²) in [5, 5.41) is 4.06. The van der Waals surface area contributed by atoms with Crippen LogP contribution < -0.4 is 0 Å². The van der Waals surface area contributed by atoms with Gasteiger partial charge < -0.3 is 14.2 Å². The molecule has 1 aromatic carbocycles. The summed E-state index contributed by atoms with van der Waals surface area (Å²) in [6, 6.07) is 13.8. The van der Waals surface area contributed by atoms with Gasteiger partial charge in [-0.15, -0.1) is 0 Å². The van der Waals surface area contributed by atoms with Crippen molar-refractivity contribution in [1.82, 2.24) is 20.0 Å². The van der Waals surface area contributed by atoms with E-state index in [0.29, 0.717) is 24.7 Å². The number of likely N-dealkylation sites (tertiary alicyclic amines) is 1. The molecule has 1 aliphatic heterocycles. The highest BCUT2D eigenvalue weighted by atomic mass is 16.5. The summed E-state index contributed by atoms with van der Waals surface area (Å²) in [6.07, 6.45) is 6.90. The highest BCUT2D eigenvalue weighted by molar-refractivity contribution is 5.78. The Morgan fingerprint density at radius 3 is 2.93 bits per heavy atom. The Hall–Kier alpha value is -3.06. The second-order valence-corrected chi connectivity index (χ2v) is 7.16. The molecular formula is C22H24N4O3. The Morgan fingerprint density at radius 2 is 2.10 bits per heavy atom. The molecule has 1 saturated heterocycles. The first-order chi connectivity index (χ1) is 14.3. The van der Waals surface area contributed by atoms with E-state index in [9.17, 15) is 4.79 Å². The number of amides is 1. The number of nitrogens with zero attached hydrogens (tertiary/aromatic N) is 4. The molecule has 1 fully saturated rings. The van der Waals surface area contributed by atoms with Crippen molar-refractivity contribution >= 4 is 5.91 Å². The van der Waals surface area contributed by atoms with Crippen LogP contribution in [-0.4, -0.2) is 45.1 Å². The summed E-state index contributed by atoms with van der Waals surface area (Å²) in [4.78, 5) is 23.0. The maximum absolute atomic E-state index is 12.6. The summed E-state index contributed by atoms with van der Waals surface area (Å²) in [5.74, 6) is 1.18. The zero-order valence-corrected chi connectivity index (χ0v) is 16.2. The molecular weight excluding hydrogens is 368 g/mol. The van der Waals surface area contributed by atoms with Crippen LogP contribution in [0.1, 0.15) is 30.7 Å². The van der Waals surface area contributed by atoms with Gasteiger partial charge in [0.15, 0.2) is 5.82 Å². The van der Waals surface area contributed by atoms with Gasteiger partial charge in [-0.3, -0.25) is 9.78 Å². The number of aromatic nitrogens is 3. The van der Waals surface area contributed by atoms with E-state index >= 15 is 0 Å². The largest absolute Gasteiger partial charge is 0.367 e. The van der Waals surface area contributed by atoms with Crippen LogP contribution in [0.3, 0.4) is 0 Å². The zero-order chi connectivity index (χ0) is 19.9. The molecule has 1 atom stereocenters. The fraction of sp³-hybridized carbons (Fsp3) is 0.364. The Bertz CT molecular complexity index is 914. The predicted molar refractivity (Wildman–Crippen MR) is 107 cm³/mol. The molecule has 0 N–H and O–H groups in total. The van der Waals surface area contributed by atoms with E-state index in [4.69, 9.17) is 9.26 Å². The van der Waals surface area contributed by atoms with E-state index in [0.717, 1.165) is 36.9 Å². The molecule has 7 heteroatoms. The minimum absolute atomic E-state index is 0.0487. The summed E-state index contributed by atoms with van der Waals surface area (Å²) >= 11 is 0. The predicted octanol–water partition coefficient (Wildman–Crippen LogP) is 3.27. The van der Waals surface area contributed by atoms with Crippen LogP contribution in [0.2, 0.25) is 0 Å². The van der Waals surface area contributed by atoms with Crippen LogP contribution in [-0.2, 0) is 22.6 Å². The summed E-state index contributed by atoms with van der Waals surface area (Å²) in [7, 11) is 0. The number of carbonyl (C=O) groups is 1. The first-order valence-corrected chi connectivity index (χ1v) is 9.94. The molecule has 0 bridgehead atoms. The molecule has 2 aromatic heterocycles. The highest BCUT2D eigenvalue weighted by Gasteiger charge is 2.28. The average molecular weight is 392 g/mol. The van der Waals surface area contributed by atoms with Crippen molar-refractivity contribution in [2.45, 2.75) is 38.3 Å². The van der Waals surface area contributed by atoms with Crippen LogP contribution in [0, 0.1) is 0 Å². The van der Waals surface area contributed by atoms with E-state index in [1.165, 1.54) is 0 Å². The topological polar surface area (TPSA) is 81.4 Å². The fourth-order valence-corrected chi connectivity index (χ4v) is 3.64. The Balaban J connectivity index is 1.26. The lowest BCUT2D eigenvalue weighted by Gasteiger charge is -2.24. The van der Waals surface area contributed by atoms with Crippen LogP contribution in [0.15, 0.2) is 59.4 Å². The zero-order valence-electron chi connectivity index (χ0n) is 16.2. The number of rotatable bonds is 8. The van der Waals surface area contributed by atoms with E-state index in [-0.39, 0.29) is 18.6 Å². The third kappa shape index (κ3) is 5.06. The number of aryl methyl sites for hydroxylation is 1. The number of benzene rings is 1. The third-order valence-corrected chi connectivity index (χ3v) is 5.11. The van der Waals surface area contributed by atoms with Crippen molar-refractivity contribution in [2.75, 3.05) is 13.2 Å². The van der Waals surface area contributed by atoms with E-state index in [2.05, 4.69) is 15.1 Å². The summed E-state index contributed by atoms with van der Waals surface area (Å²) < 4.78 is 11.0. The Morgan fingerprint density at radius 1 is 1.21 bits per heavy atom. The summed E-state index contributed by atoms with van der Waals surface area (Å²) in [6.45, 7) is 1.34. The molecule has 1 unspecified atom stereocenters. The van der Waals surface area contributed by atoms with Gasteiger partial charge in [0.1, 0.15) is 6.61 Å². The van der Waals surface area contributed by atoms with Crippen molar-refractivity contribution in [3.63, 3.8) is 0 Å². The maximum atomic E-state index is 12.6. The van der Waals surface area contributed by atoms with Crippen molar-refractivity contribution in [3.8, 4) is 11.5 Å². The molecule has 29 heavy (non-hydrogen) atoms. The van der Waals surface area contributed by atoms with Gasteiger partial charge in [-0.05, 0) is 37.0 Å². The first-order valence-electron chi connectivity index (χ1n) is 9.94. The van der Waals surface area contributed by atoms with Gasteiger partial charge in [-0.1, -0.05) is 35.5 Å². The smallest absolute Gasteiger partial charge is 0.259 e. The van der Waals surface area contributed by atoms with Crippen molar-refractivity contribution in [3.05, 3.63) is 66.2 Å². The van der Waals surface area contributed by atoms with Crippen molar-refractivity contribution in [1.29, 1.82) is 0 Å². The van der Waals surface area contributed by atoms with Crippen LogP contribution in [0.5, 0.6) is 0 Å². The normalized spacial score (nSPS) is 16.3. The number of pyridine rings is 1. The molecule has 3 aromatic rings. The first kappa shape index (κ1) is 19.3. The lowest BCUT2D eigenvalue weighted by atomic mass is 10.1. The lowest BCUT2D eigenvalue weighted by molar-refractivity contribution is -0.137.